The minimum atomic E-state index is -1.05. The predicted molar refractivity (Wildman–Crippen MR) is 216 cm³/mol. The van der Waals surface area contributed by atoms with E-state index in [0.717, 1.165) is 12.8 Å². The second kappa shape index (κ2) is 18.5. The van der Waals surface area contributed by atoms with Gasteiger partial charge >= 0.3 is 28.4 Å². The molecule has 2 aliphatic carbocycles. The third-order valence-electron chi connectivity index (χ3n) is 8.22. The van der Waals surface area contributed by atoms with Gasteiger partial charge in [-0.25, -0.2) is 12.2 Å². The molecule has 0 spiro atoms. The van der Waals surface area contributed by atoms with Crippen LogP contribution in [-0.4, -0.2) is 20.4 Å². The summed E-state index contributed by atoms with van der Waals surface area (Å²) in [5.74, 6) is 0. The summed E-state index contributed by atoms with van der Waals surface area (Å²) < 4.78 is 3.34. The zero-order valence-electron chi connectivity index (χ0n) is 31.9. The molecule has 254 valence electrons. The average Bonchev–Trinajstić information content (AvgIpc) is 3.73. The van der Waals surface area contributed by atoms with Crippen molar-refractivity contribution in [2.45, 2.75) is 104 Å². The number of fused-ring (bicyclic) bond motifs is 3. The Labute approximate surface area is 312 Å². The summed E-state index contributed by atoms with van der Waals surface area (Å²) in [4.78, 5) is 0. The SMILES string of the molecule is CC(C)(C)c1[c-]c2c(cc1)-c1ccc(C(C)(C)C)cc1C2.C[Si](C)(C)c1cc[c-]cc1.C[Si](C)(C)c1cc[c-]cc1.[C-]1=CC=CC1.[CH2]=[Zr]. The van der Waals surface area contributed by atoms with Gasteiger partial charge in [0.15, 0.2) is 0 Å². The molecule has 0 atom stereocenters. The molecule has 0 N–H and O–H groups in total. The van der Waals surface area contributed by atoms with Crippen LogP contribution in [0.25, 0.3) is 11.1 Å². The van der Waals surface area contributed by atoms with E-state index in [1.165, 1.54) is 68.0 Å². The van der Waals surface area contributed by atoms with Gasteiger partial charge in [-0.3, -0.25) is 6.08 Å². The molecule has 0 aromatic heterocycles. The summed E-state index contributed by atoms with van der Waals surface area (Å²) >= 11 is 1.30. The second-order valence-corrected chi connectivity index (χ2v) is 26.5. The first-order valence-electron chi connectivity index (χ1n) is 17.1. The van der Waals surface area contributed by atoms with Crippen LogP contribution in [0.3, 0.4) is 0 Å². The molecule has 4 aromatic carbocycles. The van der Waals surface area contributed by atoms with Crippen molar-refractivity contribution in [2.75, 3.05) is 0 Å². The molecule has 0 bridgehead atoms. The molecule has 2 aliphatic rings. The van der Waals surface area contributed by atoms with Crippen molar-refractivity contribution in [3.8, 4) is 11.1 Å². The first-order valence-corrected chi connectivity index (χ1v) is 25.8. The van der Waals surface area contributed by atoms with Crippen LogP contribution in [0.1, 0.15) is 70.2 Å². The van der Waals surface area contributed by atoms with Crippen LogP contribution in [0.5, 0.6) is 0 Å². The Hall–Kier alpha value is -2.45. The number of benzene rings is 4. The van der Waals surface area contributed by atoms with E-state index < -0.39 is 16.1 Å². The number of hydrogen-bond donors (Lipinski definition) is 0. The number of rotatable bonds is 2. The van der Waals surface area contributed by atoms with Gasteiger partial charge in [0.25, 0.3) is 0 Å². The molecule has 0 amide bonds. The topological polar surface area (TPSA) is 0 Å². The van der Waals surface area contributed by atoms with E-state index in [1.54, 1.807) is 0 Å². The Kier molecular flexibility index (Phi) is 16.1. The Bertz CT molecular complexity index is 1480. The molecule has 3 heteroatoms. The van der Waals surface area contributed by atoms with Gasteiger partial charge in [0.05, 0.1) is 16.1 Å². The van der Waals surface area contributed by atoms with Crippen molar-refractivity contribution >= 4 is 30.7 Å². The van der Waals surface area contributed by atoms with Crippen molar-refractivity contribution in [3.05, 3.63) is 144 Å². The number of allylic oxidation sites excluding steroid dienone is 4. The van der Waals surface area contributed by atoms with Gasteiger partial charge in [-0.05, 0) is 28.4 Å². The molecule has 0 heterocycles. The third kappa shape index (κ3) is 13.5. The van der Waals surface area contributed by atoms with Crippen LogP contribution in [0, 0.1) is 24.3 Å². The Morgan fingerprint density at radius 1 is 0.646 bits per heavy atom. The van der Waals surface area contributed by atoms with Crippen LogP contribution in [-0.2, 0) is 41.5 Å². The van der Waals surface area contributed by atoms with Gasteiger partial charge in [0.1, 0.15) is 0 Å². The molecule has 6 rings (SSSR count). The molecular formula is C45H58Si2Zr-4. The van der Waals surface area contributed by atoms with E-state index in [0.29, 0.717) is 0 Å². The molecule has 0 unspecified atom stereocenters. The normalized spacial score (nSPS) is 12.8. The van der Waals surface area contributed by atoms with Gasteiger partial charge < -0.3 is 0 Å². The van der Waals surface area contributed by atoms with Crippen molar-refractivity contribution in [3.63, 3.8) is 0 Å². The molecule has 0 aliphatic heterocycles. The van der Waals surface area contributed by atoms with Crippen molar-refractivity contribution < 1.29 is 24.2 Å². The van der Waals surface area contributed by atoms with Crippen LogP contribution < -0.4 is 10.4 Å². The summed E-state index contributed by atoms with van der Waals surface area (Å²) in [5.41, 5.74) is 8.70. The first-order chi connectivity index (χ1) is 22.4. The van der Waals surface area contributed by atoms with E-state index in [4.69, 9.17) is 0 Å². The maximum absolute atomic E-state index is 3.67. The van der Waals surface area contributed by atoms with Gasteiger partial charge in [0.2, 0.25) is 0 Å². The second-order valence-electron chi connectivity index (χ2n) is 16.4. The first kappa shape index (κ1) is 41.7. The van der Waals surface area contributed by atoms with Crippen LogP contribution >= 0.6 is 0 Å². The van der Waals surface area contributed by atoms with Crippen molar-refractivity contribution in [2.24, 2.45) is 0 Å². The quantitative estimate of drug-likeness (QED) is 0.125. The molecule has 0 saturated carbocycles. The van der Waals surface area contributed by atoms with Gasteiger partial charge in [0, 0.05) is 0 Å². The Morgan fingerprint density at radius 2 is 1.15 bits per heavy atom. The fraction of sp³-hybridized carbons (Fsp3) is 0.356. The zero-order valence-corrected chi connectivity index (χ0v) is 36.3. The molecular weight excluding hydrogens is 688 g/mol. The Balaban J connectivity index is 0.000000248. The van der Waals surface area contributed by atoms with Crippen LogP contribution in [0.15, 0.2) is 97.1 Å². The third-order valence-corrected chi connectivity index (χ3v) is 12.3. The van der Waals surface area contributed by atoms with E-state index in [1.807, 2.05) is 36.4 Å². The van der Waals surface area contributed by atoms with E-state index in [9.17, 15) is 0 Å². The van der Waals surface area contributed by atoms with Gasteiger partial charge in [-0.1, -0.05) is 105 Å². The van der Waals surface area contributed by atoms with Crippen molar-refractivity contribution in [1.82, 2.24) is 0 Å². The fourth-order valence-electron chi connectivity index (χ4n) is 5.14. The van der Waals surface area contributed by atoms with Crippen molar-refractivity contribution in [1.29, 1.82) is 0 Å². The summed E-state index contributed by atoms with van der Waals surface area (Å²) in [6.07, 6.45) is 11.0. The maximum atomic E-state index is 3.67. The van der Waals surface area contributed by atoms with Crippen LogP contribution in [0.2, 0.25) is 39.3 Å². The van der Waals surface area contributed by atoms with Gasteiger partial charge in [-0.2, -0.15) is 101 Å². The Morgan fingerprint density at radius 3 is 1.50 bits per heavy atom. The average molecular weight is 746 g/mol. The molecule has 0 radical (unpaired) electrons. The summed E-state index contributed by atoms with van der Waals surface area (Å²) in [6.45, 7) is 27.7. The predicted octanol–water partition coefficient (Wildman–Crippen LogP) is 11.0. The minimum absolute atomic E-state index is 0.167. The van der Waals surface area contributed by atoms with E-state index in [2.05, 4.69) is 170 Å². The summed E-state index contributed by atoms with van der Waals surface area (Å²) in [6, 6.07) is 37.9. The molecule has 0 nitrogen and oxygen atoms in total. The van der Waals surface area contributed by atoms with Gasteiger partial charge in [-0.15, -0.1) is 17.5 Å². The molecule has 0 fully saturated rings. The van der Waals surface area contributed by atoms with E-state index in [-0.39, 0.29) is 10.8 Å². The standard InChI is InChI=1S/C21H25.2C9H13Si.C5H5.CH2.Zr/c1-20(2,3)16-7-9-18-14(12-16)11-15-13-17(21(4,5)6)8-10-19(15)18;2*1-10(2,3)9-7-5-4-6-8-9;1-2-4-5-3-1;;/h7-10,12H,11H2,1-6H3;2*5-8H,1-3H3;1-3H,4H2;1H2;/q4*-1;;. The summed E-state index contributed by atoms with van der Waals surface area (Å²) in [5, 5.41) is 3.01. The zero-order chi connectivity index (χ0) is 36.2. The fourth-order valence-corrected chi connectivity index (χ4v) is 7.48. The number of hydrogen-bond acceptors (Lipinski definition) is 0. The molecule has 0 saturated heterocycles. The summed E-state index contributed by atoms with van der Waals surface area (Å²) in [7, 11) is -2.11. The van der Waals surface area contributed by atoms with E-state index >= 15 is 0 Å². The van der Waals surface area contributed by atoms with Crippen LogP contribution in [0.4, 0.5) is 0 Å². The monoisotopic (exact) mass is 744 g/mol. The molecule has 48 heavy (non-hydrogen) atoms. The molecule has 4 aromatic rings.